The lowest BCUT2D eigenvalue weighted by molar-refractivity contribution is 0.112. The second-order valence-corrected chi connectivity index (χ2v) is 3.99. The third-order valence-electron chi connectivity index (χ3n) is 2.89. The van der Waals surface area contributed by atoms with E-state index in [2.05, 4.69) is 20.6 Å². The molecule has 5 heteroatoms. The molecule has 2 aromatic carbocycles. The topological polar surface area (TPSA) is 71.5 Å². The van der Waals surface area contributed by atoms with Gasteiger partial charge in [-0.1, -0.05) is 48.5 Å². The number of nitrogens with one attached hydrogen (secondary N) is 1. The highest BCUT2D eigenvalue weighted by atomic mass is 16.1. The molecule has 0 amide bonds. The maximum atomic E-state index is 11.1. The van der Waals surface area contributed by atoms with Gasteiger partial charge in [0.05, 0.1) is 0 Å². The molecule has 92 valence electrons. The second kappa shape index (κ2) is 4.81. The quantitative estimate of drug-likeness (QED) is 0.724. The average molecular weight is 250 g/mol. The van der Waals surface area contributed by atoms with E-state index in [4.69, 9.17) is 0 Å². The van der Waals surface area contributed by atoms with Gasteiger partial charge in [-0.2, -0.15) is 5.21 Å². The Balaban J connectivity index is 2.24. The summed E-state index contributed by atoms with van der Waals surface area (Å²) >= 11 is 0. The number of nitrogens with zero attached hydrogens (tertiary/aromatic N) is 3. The second-order valence-electron chi connectivity index (χ2n) is 3.99. The Morgan fingerprint density at radius 3 is 2.26 bits per heavy atom. The number of hydrogen-bond donors (Lipinski definition) is 1. The van der Waals surface area contributed by atoms with Crippen LogP contribution in [-0.4, -0.2) is 26.9 Å². The zero-order chi connectivity index (χ0) is 13.1. The van der Waals surface area contributed by atoms with Crippen LogP contribution in [0.5, 0.6) is 0 Å². The van der Waals surface area contributed by atoms with Gasteiger partial charge in [0.1, 0.15) is 0 Å². The van der Waals surface area contributed by atoms with Crippen LogP contribution in [0.4, 0.5) is 0 Å². The molecule has 0 aliphatic heterocycles. The molecule has 5 nitrogen and oxygen atoms in total. The predicted octanol–water partition coefficient (Wildman–Crippen LogP) is 2.35. The highest BCUT2D eigenvalue weighted by Gasteiger charge is 2.12. The maximum absolute atomic E-state index is 11.1. The van der Waals surface area contributed by atoms with E-state index in [1.165, 1.54) is 0 Å². The van der Waals surface area contributed by atoms with E-state index in [0.29, 0.717) is 11.4 Å². The number of H-pyrrole nitrogens is 1. The van der Waals surface area contributed by atoms with E-state index in [1.807, 2.05) is 42.5 Å². The van der Waals surface area contributed by atoms with Crippen LogP contribution in [0.3, 0.4) is 0 Å². The minimum atomic E-state index is 0.510. The number of tetrazole rings is 1. The number of rotatable bonds is 3. The van der Waals surface area contributed by atoms with Crippen molar-refractivity contribution in [3.05, 3.63) is 54.1 Å². The van der Waals surface area contributed by atoms with E-state index < -0.39 is 0 Å². The molecule has 0 fully saturated rings. The molecule has 3 rings (SSSR count). The third-order valence-corrected chi connectivity index (χ3v) is 2.89. The summed E-state index contributed by atoms with van der Waals surface area (Å²) < 4.78 is 0. The van der Waals surface area contributed by atoms with Gasteiger partial charge in [0.2, 0.25) is 5.82 Å². The van der Waals surface area contributed by atoms with Crippen LogP contribution >= 0.6 is 0 Å². The standard InChI is InChI=1S/C14H10N4O/c19-9-10-5-1-2-6-11(10)12-7-3-4-8-13(12)14-15-17-18-16-14/h1-9H,(H,15,16,17,18). The predicted molar refractivity (Wildman–Crippen MR) is 70.4 cm³/mol. The van der Waals surface area contributed by atoms with Crippen molar-refractivity contribution >= 4 is 6.29 Å². The van der Waals surface area contributed by atoms with Crippen molar-refractivity contribution in [2.24, 2.45) is 0 Å². The fourth-order valence-electron chi connectivity index (χ4n) is 2.03. The van der Waals surface area contributed by atoms with Gasteiger partial charge in [-0.3, -0.25) is 4.79 Å². The monoisotopic (exact) mass is 250 g/mol. The van der Waals surface area contributed by atoms with Gasteiger partial charge in [0, 0.05) is 11.1 Å². The highest BCUT2D eigenvalue weighted by Crippen LogP contribution is 2.31. The van der Waals surface area contributed by atoms with Crippen molar-refractivity contribution < 1.29 is 4.79 Å². The maximum Gasteiger partial charge on any atom is 0.205 e. The fourth-order valence-corrected chi connectivity index (χ4v) is 2.03. The molecule has 3 aromatic rings. The molecular weight excluding hydrogens is 240 g/mol. The molecule has 0 atom stereocenters. The molecular formula is C14H10N4O. The van der Waals surface area contributed by atoms with Gasteiger partial charge in [-0.05, 0) is 16.3 Å². The Morgan fingerprint density at radius 1 is 0.895 bits per heavy atom. The van der Waals surface area contributed by atoms with Crippen molar-refractivity contribution in [3.8, 4) is 22.5 Å². The van der Waals surface area contributed by atoms with Crippen LogP contribution in [0.2, 0.25) is 0 Å². The summed E-state index contributed by atoms with van der Waals surface area (Å²) in [5, 5.41) is 14.0. The van der Waals surface area contributed by atoms with E-state index in [9.17, 15) is 4.79 Å². The molecule has 0 bridgehead atoms. The van der Waals surface area contributed by atoms with Crippen molar-refractivity contribution in [1.82, 2.24) is 20.6 Å². The Morgan fingerprint density at radius 2 is 1.58 bits per heavy atom. The summed E-state index contributed by atoms with van der Waals surface area (Å²) in [6.07, 6.45) is 0.850. The van der Waals surface area contributed by atoms with Gasteiger partial charge in [-0.25, -0.2) is 0 Å². The lowest BCUT2D eigenvalue weighted by Crippen LogP contribution is -1.91. The molecule has 19 heavy (non-hydrogen) atoms. The molecule has 0 saturated heterocycles. The van der Waals surface area contributed by atoms with Crippen LogP contribution in [0.1, 0.15) is 10.4 Å². The molecule has 0 aliphatic rings. The summed E-state index contributed by atoms with van der Waals surface area (Å²) in [7, 11) is 0. The van der Waals surface area contributed by atoms with E-state index in [-0.39, 0.29) is 0 Å². The normalized spacial score (nSPS) is 10.3. The van der Waals surface area contributed by atoms with Crippen molar-refractivity contribution in [3.63, 3.8) is 0 Å². The number of aromatic amines is 1. The SMILES string of the molecule is O=Cc1ccccc1-c1ccccc1-c1nn[nH]n1. The molecule has 0 aliphatic carbocycles. The summed E-state index contributed by atoms with van der Waals surface area (Å²) in [5.41, 5.74) is 3.24. The first kappa shape index (κ1) is 11.3. The first-order valence-corrected chi connectivity index (χ1v) is 5.77. The summed E-state index contributed by atoms with van der Waals surface area (Å²) in [6, 6.07) is 15.1. The van der Waals surface area contributed by atoms with Crippen molar-refractivity contribution in [1.29, 1.82) is 0 Å². The Bertz CT molecular complexity index is 707. The Kier molecular flexibility index (Phi) is 2.86. The van der Waals surface area contributed by atoms with Gasteiger partial charge >= 0.3 is 0 Å². The van der Waals surface area contributed by atoms with Crippen molar-refractivity contribution in [2.75, 3.05) is 0 Å². The third kappa shape index (κ3) is 2.01. The number of carbonyl (C=O) groups is 1. The van der Waals surface area contributed by atoms with Gasteiger partial charge < -0.3 is 0 Å². The van der Waals surface area contributed by atoms with Gasteiger partial charge in [0.25, 0.3) is 0 Å². The molecule has 0 radical (unpaired) electrons. The van der Waals surface area contributed by atoms with Crippen LogP contribution in [-0.2, 0) is 0 Å². The van der Waals surface area contributed by atoms with E-state index in [0.717, 1.165) is 23.0 Å². The number of hydrogen-bond acceptors (Lipinski definition) is 4. The van der Waals surface area contributed by atoms with Crippen LogP contribution < -0.4 is 0 Å². The number of aromatic nitrogens is 4. The molecule has 0 saturated carbocycles. The zero-order valence-corrected chi connectivity index (χ0v) is 9.95. The first-order chi connectivity index (χ1) is 9.40. The van der Waals surface area contributed by atoms with Crippen molar-refractivity contribution in [2.45, 2.75) is 0 Å². The molecule has 0 unspecified atom stereocenters. The lowest BCUT2D eigenvalue weighted by Gasteiger charge is -2.08. The van der Waals surface area contributed by atoms with Crippen LogP contribution in [0.25, 0.3) is 22.5 Å². The fraction of sp³-hybridized carbons (Fsp3) is 0. The van der Waals surface area contributed by atoms with Crippen LogP contribution in [0, 0.1) is 0 Å². The minimum Gasteiger partial charge on any atom is -0.298 e. The van der Waals surface area contributed by atoms with E-state index in [1.54, 1.807) is 6.07 Å². The molecule has 0 spiro atoms. The van der Waals surface area contributed by atoms with Gasteiger partial charge in [-0.15, -0.1) is 10.2 Å². The highest BCUT2D eigenvalue weighted by molar-refractivity contribution is 5.92. The average Bonchev–Trinajstić information content (AvgIpc) is 3.01. The van der Waals surface area contributed by atoms with Crippen LogP contribution in [0.15, 0.2) is 48.5 Å². The number of carbonyl (C=O) groups excluding carboxylic acids is 1. The zero-order valence-electron chi connectivity index (χ0n) is 9.95. The molecule has 1 heterocycles. The Labute approximate surface area is 109 Å². The molecule has 1 aromatic heterocycles. The number of benzene rings is 2. The number of aldehydes is 1. The summed E-state index contributed by atoms with van der Waals surface area (Å²) in [6.45, 7) is 0. The first-order valence-electron chi connectivity index (χ1n) is 5.77. The largest absolute Gasteiger partial charge is 0.298 e. The molecule has 1 N–H and O–H groups in total. The lowest BCUT2D eigenvalue weighted by atomic mass is 9.95. The van der Waals surface area contributed by atoms with E-state index >= 15 is 0 Å². The minimum absolute atomic E-state index is 0.510. The van der Waals surface area contributed by atoms with Gasteiger partial charge in [0.15, 0.2) is 6.29 Å². The summed E-state index contributed by atoms with van der Waals surface area (Å²) in [5.74, 6) is 0.510. The smallest absolute Gasteiger partial charge is 0.205 e. The summed E-state index contributed by atoms with van der Waals surface area (Å²) in [4.78, 5) is 11.1. The Hall–Kier alpha value is -2.82.